The fourth-order valence-corrected chi connectivity index (χ4v) is 4.94. The van der Waals surface area contributed by atoms with E-state index in [0.717, 1.165) is 10.8 Å². The van der Waals surface area contributed by atoms with Gasteiger partial charge in [0.05, 0.1) is 17.8 Å². The molecule has 0 spiro atoms. The van der Waals surface area contributed by atoms with Crippen molar-refractivity contribution in [3.8, 4) is 0 Å². The van der Waals surface area contributed by atoms with Gasteiger partial charge in [0.15, 0.2) is 5.11 Å². The highest BCUT2D eigenvalue weighted by Crippen LogP contribution is 2.40. The average Bonchev–Trinajstić information content (AvgIpc) is 3.27. The summed E-state index contributed by atoms with van der Waals surface area (Å²) in [6, 6.07) is 9.65. The van der Waals surface area contributed by atoms with E-state index >= 15 is 0 Å². The third-order valence-corrected chi connectivity index (χ3v) is 6.10. The van der Waals surface area contributed by atoms with E-state index in [1.165, 1.54) is 37.7 Å². The second-order valence-corrected chi connectivity index (χ2v) is 8.20. The molecule has 2 aromatic heterocycles. The normalized spacial score (nSPS) is 24.3. The Morgan fingerprint density at radius 3 is 2.65 bits per heavy atom. The molecule has 0 radical (unpaired) electrons. The van der Waals surface area contributed by atoms with Gasteiger partial charge in [0.25, 0.3) is 0 Å². The van der Waals surface area contributed by atoms with Crippen molar-refractivity contribution in [2.45, 2.75) is 70.1 Å². The van der Waals surface area contributed by atoms with Crippen LogP contribution in [0.1, 0.15) is 75.3 Å². The van der Waals surface area contributed by atoms with Crippen LogP contribution in [0.25, 0.3) is 0 Å². The van der Waals surface area contributed by atoms with Gasteiger partial charge in [-0.2, -0.15) is 0 Å². The van der Waals surface area contributed by atoms with Gasteiger partial charge in [-0.1, -0.05) is 25.3 Å². The van der Waals surface area contributed by atoms with Crippen LogP contribution in [-0.2, 0) is 0 Å². The van der Waals surface area contributed by atoms with E-state index in [1.807, 2.05) is 12.3 Å². The Kier molecular flexibility index (Phi) is 4.98. The van der Waals surface area contributed by atoms with Gasteiger partial charge in [-0.25, -0.2) is 0 Å². The van der Waals surface area contributed by atoms with Crippen molar-refractivity contribution in [2.75, 3.05) is 0 Å². The Bertz CT molecular complexity index is 748. The van der Waals surface area contributed by atoms with E-state index in [2.05, 4.69) is 64.2 Å². The molecule has 1 aliphatic heterocycles. The predicted molar refractivity (Wildman–Crippen MR) is 109 cm³/mol. The van der Waals surface area contributed by atoms with Crippen molar-refractivity contribution in [2.24, 2.45) is 0 Å². The SMILES string of the molecule is CC(C)N1C(=S)N[C@@H](c2ccccn2)[C@@H]1c1ccn(C2CCCCC2)c1. The summed E-state index contributed by atoms with van der Waals surface area (Å²) in [6.45, 7) is 4.42. The molecule has 0 amide bonds. The van der Waals surface area contributed by atoms with Crippen molar-refractivity contribution in [1.82, 2.24) is 19.8 Å². The van der Waals surface area contributed by atoms with Gasteiger partial charge >= 0.3 is 0 Å². The molecule has 2 atom stereocenters. The molecule has 5 heteroatoms. The minimum Gasteiger partial charge on any atom is -0.352 e. The fourth-order valence-electron chi connectivity index (χ4n) is 4.49. The van der Waals surface area contributed by atoms with Gasteiger partial charge < -0.3 is 14.8 Å². The maximum Gasteiger partial charge on any atom is 0.170 e. The first kappa shape index (κ1) is 17.5. The molecule has 2 aromatic rings. The van der Waals surface area contributed by atoms with Crippen LogP contribution in [0.3, 0.4) is 0 Å². The minimum absolute atomic E-state index is 0.0910. The molecule has 3 heterocycles. The smallest absolute Gasteiger partial charge is 0.170 e. The summed E-state index contributed by atoms with van der Waals surface area (Å²) < 4.78 is 2.43. The molecule has 1 saturated heterocycles. The van der Waals surface area contributed by atoms with Gasteiger partial charge in [-0.15, -0.1) is 0 Å². The number of thiocarbonyl (C=S) groups is 1. The summed E-state index contributed by atoms with van der Waals surface area (Å²) in [5, 5.41) is 4.35. The first-order chi connectivity index (χ1) is 12.6. The second kappa shape index (κ2) is 7.39. The summed E-state index contributed by atoms with van der Waals surface area (Å²) in [5.74, 6) is 0. The van der Waals surface area contributed by atoms with Gasteiger partial charge in [0.1, 0.15) is 0 Å². The average molecular weight is 369 g/mol. The molecule has 2 fully saturated rings. The Labute approximate surface area is 161 Å². The van der Waals surface area contributed by atoms with Crippen molar-refractivity contribution in [1.29, 1.82) is 0 Å². The number of nitrogens with one attached hydrogen (secondary N) is 1. The molecule has 1 aliphatic carbocycles. The van der Waals surface area contributed by atoms with Crippen molar-refractivity contribution >= 4 is 17.3 Å². The molecule has 138 valence electrons. The van der Waals surface area contributed by atoms with E-state index in [9.17, 15) is 0 Å². The Balaban J connectivity index is 1.68. The molecular weight excluding hydrogens is 340 g/mol. The number of aromatic nitrogens is 2. The van der Waals surface area contributed by atoms with Crippen molar-refractivity contribution < 1.29 is 0 Å². The molecule has 0 bridgehead atoms. The summed E-state index contributed by atoms with van der Waals surface area (Å²) in [7, 11) is 0. The largest absolute Gasteiger partial charge is 0.352 e. The van der Waals surface area contributed by atoms with Crippen LogP contribution >= 0.6 is 12.2 Å². The fraction of sp³-hybridized carbons (Fsp3) is 0.524. The van der Waals surface area contributed by atoms with Crippen molar-refractivity contribution in [3.05, 3.63) is 54.1 Å². The van der Waals surface area contributed by atoms with Gasteiger partial charge in [0.2, 0.25) is 0 Å². The maximum atomic E-state index is 5.68. The highest BCUT2D eigenvalue weighted by Gasteiger charge is 2.41. The predicted octanol–water partition coefficient (Wildman–Crippen LogP) is 4.77. The number of rotatable bonds is 4. The van der Waals surface area contributed by atoms with E-state index in [1.54, 1.807) is 0 Å². The van der Waals surface area contributed by atoms with Gasteiger partial charge in [0, 0.05) is 30.7 Å². The standard InChI is InChI=1S/C21H28N4S/c1-15(2)25-20(19(23-21(25)26)18-10-6-7-12-22-18)16-11-13-24(14-16)17-8-4-3-5-9-17/h6-7,10-15,17,19-20H,3-5,8-9H2,1-2H3,(H,23,26)/t19-,20-/m0/s1. The molecule has 1 saturated carbocycles. The van der Waals surface area contributed by atoms with Crippen LogP contribution < -0.4 is 5.32 Å². The van der Waals surface area contributed by atoms with Crippen LogP contribution in [0.15, 0.2) is 42.9 Å². The zero-order valence-corrected chi connectivity index (χ0v) is 16.5. The third-order valence-electron chi connectivity index (χ3n) is 5.77. The quantitative estimate of drug-likeness (QED) is 0.788. The van der Waals surface area contributed by atoms with Crippen molar-refractivity contribution in [3.63, 3.8) is 0 Å². The third kappa shape index (κ3) is 3.25. The summed E-state index contributed by atoms with van der Waals surface area (Å²) >= 11 is 5.68. The van der Waals surface area contributed by atoms with Gasteiger partial charge in [-0.3, -0.25) is 4.98 Å². The topological polar surface area (TPSA) is 33.1 Å². The lowest BCUT2D eigenvalue weighted by Crippen LogP contribution is -2.35. The summed E-state index contributed by atoms with van der Waals surface area (Å²) in [5.41, 5.74) is 2.38. The zero-order valence-electron chi connectivity index (χ0n) is 15.6. The molecule has 4 nitrogen and oxygen atoms in total. The van der Waals surface area contributed by atoms with Crippen LogP contribution in [0, 0.1) is 0 Å². The van der Waals surface area contributed by atoms with E-state index in [-0.39, 0.29) is 12.1 Å². The molecule has 4 rings (SSSR count). The van der Waals surface area contributed by atoms with E-state index in [4.69, 9.17) is 12.2 Å². The molecule has 26 heavy (non-hydrogen) atoms. The highest BCUT2D eigenvalue weighted by molar-refractivity contribution is 7.80. The molecule has 0 aromatic carbocycles. The maximum absolute atomic E-state index is 5.68. The molecule has 1 N–H and O–H groups in total. The Hall–Kier alpha value is -1.88. The number of hydrogen-bond donors (Lipinski definition) is 1. The highest BCUT2D eigenvalue weighted by atomic mass is 32.1. The molecular formula is C21H28N4S. The van der Waals surface area contributed by atoms with Crippen LogP contribution in [0.4, 0.5) is 0 Å². The summed E-state index contributed by atoms with van der Waals surface area (Å²) in [4.78, 5) is 6.93. The lowest BCUT2D eigenvalue weighted by molar-refractivity contribution is 0.269. The first-order valence-electron chi connectivity index (χ1n) is 9.82. The second-order valence-electron chi connectivity index (χ2n) is 7.81. The van der Waals surface area contributed by atoms with Crippen LogP contribution in [-0.4, -0.2) is 25.6 Å². The molecule has 2 aliphatic rings. The van der Waals surface area contributed by atoms with Crippen LogP contribution in [0.5, 0.6) is 0 Å². The zero-order chi connectivity index (χ0) is 18.1. The van der Waals surface area contributed by atoms with Gasteiger partial charge in [-0.05, 0) is 62.7 Å². The van der Waals surface area contributed by atoms with Crippen LogP contribution in [0.2, 0.25) is 0 Å². The number of pyridine rings is 1. The Morgan fingerprint density at radius 2 is 1.96 bits per heavy atom. The van der Waals surface area contributed by atoms with E-state index in [0.29, 0.717) is 12.1 Å². The lowest BCUT2D eigenvalue weighted by atomic mass is 9.95. The molecule has 0 unspecified atom stereocenters. The monoisotopic (exact) mass is 368 g/mol. The summed E-state index contributed by atoms with van der Waals surface area (Å²) in [6.07, 6.45) is 13.2. The number of hydrogen-bond acceptors (Lipinski definition) is 2. The first-order valence-corrected chi connectivity index (χ1v) is 10.2. The minimum atomic E-state index is 0.0910. The van der Waals surface area contributed by atoms with E-state index < -0.39 is 0 Å². The number of nitrogens with zero attached hydrogens (tertiary/aromatic N) is 3. The lowest BCUT2D eigenvalue weighted by Gasteiger charge is -2.30. The Morgan fingerprint density at radius 1 is 1.15 bits per heavy atom.